The minimum Gasteiger partial charge on any atom is -0.497 e. The molecule has 2 N–H and O–H groups in total. The van der Waals surface area contributed by atoms with E-state index in [0.717, 1.165) is 5.01 Å². The Morgan fingerprint density at radius 3 is 2.90 bits per heavy atom. The van der Waals surface area contributed by atoms with Crippen LogP contribution >= 0.6 is 12.2 Å². The van der Waals surface area contributed by atoms with Crippen LogP contribution in [0.4, 0.5) is 5.69 Å². The Balaban J connectivity index is 2.17. The molecule has 1 aromatic carbocycles. The Bertz CT molecular complexity index is 614. The molecule has 1 atom stereocenters. The number of ether oxygens (including phenoxy) is 1. The Hall–Kier alpha value is -2.35. The van der Waals surface area contributed by atoms with E-state index in [1.165, 1.54) is 0 Å². The lowest BCUT2D eigenvalue weighted by atomic mass is 10.2. The van der Waals surface area contributed by atoms with Gasteiger partial charge in [-0.3, -0.25) is 4.79 Å². The Morgan fingerprint density at radius 1 is 1.55 bits per heavy atom. The van der Waals surface area contributed by atoms with E-state index in [1.807, 2.05) is 0 Å². The first kappa shape index (κ1) is 14.1. The van der Waals surface area contributed by atoms with Gasteiger partial charge in [-0.25, -0.2) is 0 Å². The fraction of sp³-hybridized carbons (Fsp3) is 0.250. The topological polar surface area (TPSA) is 92.6 Å². The van der Waals surface area contributed by atoms with Gasteiger partial charge in [0.2, 0.25) is 0 Å². The van der Waals surface area contributed by atoms with Gasteiger partial charge in [0.25, 0.3) is 5.91 Å². The summed E-state index contributed by atoms with van der Waals surface area (Å²) in [5, 5.41) is 12.8. The number of carbonyl (C=O) groups excluding carboxylic acids is 1. The van der Waals surface area contributed by atoms with Crippen LogP contribution < -0.4 is 10.5 Å². The third-order valence-corrected chi connectivity index (χ3v) is 2.82. The molecular weight excluding hydrogens is 278 g/mol. The van der Waals surface area contributed by atoms with E-state index in [0.29, 0.717) is 17.1 Å². The minimum absolute atomic E-state index is 0.103. The van der Waals surface area contributed by atoms with Crippen molar-refractivity contribution in [2.45, 2.75) is 13.0 Å². The first-order valence-electron chi connectivity index (χ1n) is 5.76. The van der Waals surface area contributed by atoms with Crippen LogP contribution in [-0.2, 0) is 4.79 Å². The highest BCUT2D eigenvalue weighted by Crippen LogP contribution is 2.21. The van der Waals surface area contributed by atoms with Crippen LogP contribution in [0.2, 0.25) is 0 Å². The molecule has 104 valence electrons. The summed E-state index contributed by atoms with van der Waals surface area (Å²) in [6.07, 6.45) is 0. The van der Waals surface area contributed by atoms with Gasteiger partial charge in [-0.05, 0) is 31.3 Å². The maximum Gasteiger partial charge on any atom is 0.282 e. The SMILES string of the molecule is COc1cccc(N=NC2C(=O)N(C(N)=S)N=C2C)c1. The number of amides is 1. The van der Waals surface area contributed by atoms with Crippen LogP contribution in [0.3, 0.4) is 0 Å². The number of azo groups is 1. The highest BCUT2D eigenvalue weighted by Gasteiger charge is 2.35. The third-order valence-electron chi connectivity index (χ3n) is 2.65. The zero-order valence-electron chi connectivity index (χ0n) is 11.0. The number of hydrogen-bond acceptors (Lipinski definition) is 6. The molecule has 1 aliphatic heterocycles. The molecule has 0 bridgehead atoms. The molecule has 1 amide bonds. The second-order valence-electron chi connectivity index (χ2n) is 4.05. The maximum absolute atomic E-state index is 12.0. The van der Waals surface area contributed by atoms with Gasteiger partial charge in [0.1, 0.15) is 5.75 Å². The number of hydrazone groups is 1. The quantitative estimate of drug-likeness (QED) is 0.676. The van der Waals surface area contributed by atoms with Crippen molar-refractivity contribution in [3.8, 4) is 5.75 Å². The summed E-state index contributed by atoms with van der Waals surface area (Å²) < 4.78 is 5.08. The van der Waals surface area contributed by atoms with Crippen molar-refractivity contribution in [3.05, 3.63) is 24.3 Å². The largest absolute Gasteiger partial charge is 0.497 e. The summed E-state index contributed by atoms with van der Waals surface area (Å²) in [7, 11) is 1.56. The molecule has 0 spiro atoms. The van der Waals surface area contributed by atoms with Crippen molar-refractivity contribution in [1.82, 2.24) is 5.01 Å². The van der Waals surface area contributed by atoms with Gasteiger partial charge in [0, 0.05) is 6.07 Å². The number of carbonyl (C=O) groups is 1. The van der Waals surface area contributed by atoms with E-state index < -0.39 is 11.9 Å². The van der Waals surface area contributed by atoms with E-state index in [1.54, 1.807) is 38.3 Å². The number of nitrogens with zero attached hydrogens (tertiary/aromatic N) is 4. The molecule has 0 aliphatic carbocycles. The molecule has 0 saturated heterocycles. The lowest BCUT2D eigenvalue weighted by molar-refractivity contribution is -0.126. The Kier molecular flexibility index (Phi) is 4.04. The standard InChI is InChI=1S/C12H13N5O2S/c1-7-10(11(18)17(16-7)12(13)20)15-14-8-4-3-5-9(6-8)19-2/h3-6,10H,1-2H3,(H2,13,20). The van der Waals surface area contributed by atoms with Gasteiger partial charge in [-0.1, -0.05) is 6.07 Å². The molecular formula is C12H13N5O2S. The zero-order chi connectivity index (χ0) is 14.7. The number of rotatable bonds is 3. The highest BCUT2D eigenvalue weighted by atomic mass is 32.1. The molecule has 8 heteroatoms. The molecule has 1 aromatic rings. The van der Waals surface area contributed by atoms with Crippen molar-refractivity contribution in [2.75, 3.05) is 7.11 Å². The van der Waals surface area contributed by atoms with Crippen LogP contribution in [-0.4, -0.2) is 34.9 Å². The van der Waals surface area contributed by atoms with Gasteiger partial charge in [-0.2, -0.15) is 20.3 Å². The normalized spacial score (nSPS) is 18.5. The van der Waals surface area contributed by atoms with Gasteiger partial charge in [0.05, 0.1) is 18.5 Å². The fourth-order valence-corrected chi connectivity index (χ4v) is 1.77. The summed E-state index contributed by atoms with van der Waals surface area (Å²) >= 11 is 4.74. The third kappa shape index (κ3) is 2.80. The van der Waals surface area contributed by atoms with Gasteiger partial charge in [0.15, 0.2) is 11.2 Å². The predicted molar refractivity (Wildman–Crippen MR) is 78.0 cm³/mol. The molecule has 0 aromatic heterocycles. The predicted octanol–water partition coefficient (Wildman–Crippen LogP) is 1.61. The number of benzene rings is 1. The Morgan fingerprint density at radius 2 is 2.30 bits per heavy atom. The summed E-state index contributed by atoms with van der Waals surface area (Å²) in [6, 6.07) is 6.25. The van der Waals surface area contributed by atoms with E-state index in [2.05, 4.69) is 15.3 Å². The number of methoxy groups -OCH3 is 1. The molecule has 0 radical (unpaired) electrons. The van der Waals surface area contributed by atoms with Gasteiger partial charge >= 0.3 is 0 Å². The van der Waals surface area contributed by atoms with E-state index in [4.69, 9.17) is 22.7 Å². The monoisotopic (exact) mass is 291 g/mol. The first-order valence-corrected chi connectivity index (χ1v) is 6.17. The fourth-order valence-electron chi connectivity index (χ4n) is 1.64. The van der Waals surface area contributed by atoms with Crippen LogP contribution in [0.15, 0.2) is 39.6 Å². The van der Waals surface area contributed by atoms with Crippen LogP contribution in [0.25, 0.3) is 0 Å². The van der Waals surface area contributed by atoms with E-state index in [-0.39, 0.29) is 5.11 Å². The summed E-state index contributed by atoms with van der Waals surface area (Å²) in [4.78, 5) is 12.0. The Labute approximate surface area is 121 Å². The van der Waals surface area contributed by atoms with Crippen molar-refractivity contribution in [2.24, 2.45) is 21.1 Å². The summed E-state index contributed by atoms with van der Waals surface area (Å²) in [6.45, 7) is 1.67. The van der Waals surface area contributed by atoms with Crippen molar-refractivity contribution >= 4 is 34.6 Å². The average molecular weight is 291 g/mol. The number of hydrogen-bond donors (Lipinski definition) is 1. The van der Waals surface area contributed by atoms with Gasteiger partial charge < -0.3 is 10.5 Å². The second-order valence-corrected chi connectivity index (χ2v) is 4.47. The number of nitrogens with two attached hydrogens (primary N) is 1. The maximum atomic E-state index is 12.0. The molecule has 7 nitrogen and oxygen atoms in total. The second kappa shape index (κ2) is 5.74. The molecule has 0 fully saturated rings. The van der Waals surface area contributed by atoms with Crippen molar-refractivity contribution in [1.29, 1.82) is 0 Å². The molecule has 2 rings (SSSR count). The van der Waals surface area contributed by atoms with Crippen molar-refractivity contribution < 1.29 is 9.53 Å². The highest BCUT2D eigenvalue weighted by molar-refractivity contribution is 7.80. The molecule has 1 heterocycles. The van der Waals surface area contributed by atoms with Crippen LogP contribution in [0.5, 0.6) is 5.75 Å². The molecule has 1 aliphatic rings. The average Bonchev–Trinajstić information content (AvgIpc) is 2.72. The van der Waals surface area contributed by atoms with E-state index in [9.17, 15) is 4.79 Å². The minimum atomic E-state index is -0.789. The van der Waals surface area contributed by atoms with Crippen LogP contribution in [0.1, 0.15) is 6.92 Å². The van der Waals surface area contributed by atoms with Crippen molar-refractivity contribution in [3.63, 3.8) is 0 Å². The zero-order valence-corrected chi connectivity index (χ0v) is 11.8. The molecule has 0 saturated carbocycles. The molecule has 20 heavy (non-hydrogen) atoms. The molecule has 1 unspecified atom stereocenters. The number of thiocarbonyl (C=S) groups is 1. The lowest BCUT2D eigenvalue weighted by Crippen LogP contribution is -2.37. The van der Waals surface area contributed by atoms with Gasteiger partial charge in [-0.15, -0.1) is 0 Å². The smallest absolute Gasteiger partial charge is 0.282 e. The first-order chi connectivity index (χ1) is 9.52. The summed E-state index contributed by atoms with van der Waals surface area (Å²) in [5.41, 5.74) is 6.48. The summed E-state index contributed by atoms with van der Waals surface area (Å²) in [5.74, 6) is 0.260. The lowest BCUT2D eigenvalue weighted by Gasteiger charge is -2.08. The van der Waals surface area contributed by atoms with Crippen LogP contribution in [0, 0.1) is 0 Å². The van der Waals surface area contributed by atoms with E-state index >= 15 is 0 Å².